The molecule has 0 radical (unpaired) electrons. The molecule has 0 aliphatic carbocycles. The van der Waals surface area contributed by atoms with Crippen molar-refractivity contribution in [1.82, 2.24) is 5.32 Å². The third-order valence-electron chi connectivity index (χ3n) is 4.24. The van der Waals surface area contributed by atoms with Crippen LogP contribution in [-0.4, -0.2) is 37.9 Å². The van der Waals surface area contributed by atoms with Crippen LogP contribution in [0.5, 0.6) is 11.5 Å². The first-order valence-electron chi connectivity index (χ1n) is 9.58. The third kappa shape index (κ3) is 7.93. The molecular formula is C22H28N2O5. The van der Waals surface area contributed by atoms with Crippen LogP contribution in [0.2, 0.25) is 0 Å². The lowest BCUT2D eigenvalue weighted by molar-refractivity contribution is -0.121. The molecule has 0 aromatic heterocycles. The van der Waals surface area contributed by atoms with Crippen molar-refractivity contribution in [2.24, 2.45) is 11.7 Å². The average Bonchev–Trinajstić information content (AvgIpc) is 2.72. The second-order valence-electron chi connectivity index (χ2n) is 6.63. The first-order chi connectivity index (χ1) is 14.0. The van der Waals surface area contributed by atoms with Gasteiger partial charge in [0.2, 0.25) is 5.91 Å². The maximum Gasteiger partial charge on any atom is 0.251 e. The van der Waals surface area contributed by atoms with Crippen molar-refractivity contribution in [1.29, 1.82) is 0 Å². The van der Waals surface area contributed by atoms with Crippen LogP contribution < -0.4 is 15.8 Å². The van der Waals surface area contributed by atoms with Crippen molar-refractivity contribution in [2.45, 2.75) is 26.3 Å². The van der Waals surface area contributed by atoms with Gasteiger partial charge in [-0.2, -0.15) is 0 Å². The normalized spacial score (nSPS) is 12.8. The predicted molar refractivity (Wildman–Crippen MR) is 110 cm³/mol. The minimum absolute atomic E-state index is 0.124. The van der Waals surface area contributed by atoms with Gasteiger partial charge in [0.05, 0.1) is 12.6 Å². The fourth-order valence-corrected chi connectivity index (χ4v) is 2.61. The van der Waals surface area contributed by atoms with E-state index in [-0.39, 0.29) is 25.3 Å². The van der Waals surface area contributed by atoms with E-state index in [4.69, 9.17) is 19.9 Å². The molecule has 0 saturated carbocycles. The maximum absolute atomic E-state index is 12.6. The van der Waals surface area contributed by atoms with E-state index in [1.54, 1.807) is 31.2 Å². The molecule has 29 heavy (non-hydrogen) atoms. The van der Waals surface area contributed by atoms with E-state index in [0.717, 1.165) is 5.75 Å². The SMILES string of the molecule is CCOCOCC(CC(C)C(N)=O)NC(=O)c1ccc(Oc2ccccc2)cc1. The van der Waals surface area contributed by atoms with Crippen LogP contribution in [0, 0.1) is 5.92 Å². The maximum atomic E-state index is 12.6. The van der Waals surface area contributed by atoms with Gasteiger partial charge in [0, 0.05) is 18.1 Å². The van der Waals surface area contributed by atoms with Crippen LogP contribution in [0.3, 0.4) is 0 Å². The second kappa shape index (κ2) is 11.8. The quantitative estimate of drug-likeness (QED) is 0.421. The summed E-state index contributed by atoms with van der Waals surface area (Å²) in [5.41, 5.74) is 5.83. The number of hydrogen-bond donors (Lipinski definition) is 2. The fourth-order valence-electron chi connectivity index (χ4n) is 2.61. The molecule has 2 atom stereocenters. The van der Waals surface area contributed by atoms with Gasteiger partial charge in [-0.05, 0) is 49.7 Å². The molecule has 0 aliphatic heterocycles. The summed E-state index contributed by atoms with van der Waals surface area (Å²) in [4.78, 5) is 24.0. The number of benzene rings is 2. The number of carbonyl (C=O) groups is 2. The smallest absolute Gasteiger partial charge is 0.251 e. The van der Waals surface area contributed by atoms with E-state index in [1.807, 2.05) is 37.3 Å². The lowest BCUT2D eigenvalue weighted by Crippen LogP contribution is -2.41. The zero-order chi connectivity index (χ0) is 21.1. The highest BCUT2D eigenvalue weighted by Crippen LogP contribution is 2.21. The molecule has 0 fully saturated rings. The Morgan fingerprint density at radius 2 is 1.66 bits per heavy atom. The number of amides is 2. The van der Waals surface area contributed by atoms with E-state index in [1.165, 1.54) is 0 Å². The van der Waals surface area contributed by atoms with Gasteiger partial charge in [-0.15, -0.1) is 0 Å². The largest absolute Gasteiger partial charge is 0.457 e. The molecular weight excluding hydrogens is 372 g/mol. The molecule has 7 heteroatoms. The van der Waals surface area contributed by atoms with Crippen LogP contribution in [0.4, 0.5) is 0 Å². The van der Waals surface area contributed by atoms with Gasteiger partial charge >= 0.3 is 0 Å². The number of para-hydroxylation sites is 1. The summed E-state index contributed by atoms with van der Waals surface area (Å²) in [5, 5.41) is 2.90. The number of ether oxygens (including phenoxy) is 3. The minimum atomic E-state index is -0.420. The predicted octanol–water partition coefficient (Wildman–Crippen LogP) is 3.10. The highest BCUT2D eigenvalue weighted by Gasteiger charge is 2.20. The Hall–Kier alpha value is -2.90. The molecule has 0 aliphatic rings. The topological polar surface area (TPSA) is 99.9 Å². The van der Waals surface area contributed by atoms with E-state index in [9.17, 15) is 9.59 Å². The molecule has 3 N–H and O–H groups in total. The van der Waals surface area contributed by atoms with Crippen molar-refractivity contribution < 1.29 is 23.8 Å². The summed E-state index contributed by atoms with van der Waals surface area (Å²) in [6, 6.07) is 15.9. The molecule has 0 saturated heterocycles. The number of carbonyl (C=O) groups excluding carboxylic acids is 2. The first-order valence-corrected chi connectivity index (χ1v) is 9.58. The van der Waals surface area contributed by atoms with Crippen LogP contribution in [0.1, 0.15) is 30.6 Å². The van der Waals surface area contributed by atoms with Gasteiger partial charge in [-0.3, -0.25) is 9.59 Å². The number of primary amides is 1. The summed E-state index contributed by atoms with van der Waals surface area (Å²) < 4.78 is 16.3. The number of rotatable bonds is 12. The van der Waals surface area contributed by atoms with Gasteiger partial charge in [-0.1, -0.05) is 25.1 Å². The molecule has 7 nitrogen and oxygen atoms in total. The lowest BCUT2D eigenvalue weighted by Gasteiger charge is -2.21. The average molecular weight is 400 g/mol. The second-order valence-corrected chi connectivity index (χ2v) is 6.63. The van der Waals surface area contributed by atoms with Crippen molar-refractivity contribution in [3.05, 3.63) is 60.2 Å². The molecule has 2 amide bonds. The Morgan fingerprint density at radius 3 is 2.28 bits per heavy atom. The van der Waals surface area contributed by atoms with E-state index >= 15 is 0 Å². The molecule has 2 unspecified atom stereocenters. The highest BCUT2D eigenvalue weighted by atomic mass is 16.7. The molecule has 156 valence electrons. The summed E-state index contributed by atoms with van der Waals surface area (Å²) in [5.74, 6) is 0.274. The number of hydrogen-bond acceptors (Lipinski definition) is 5. The van der Waals surface area contributed by atoms with Gasteiger partial charge in [-0.25, -0.2) is 0 Å². The molecule has 2 aromatic rings. The minimum Gasteiger partial charge on any atom is -0.457 e. The van der Waals surface area contributed by atoms with Crippen molar-refractivity contribution in [3.8, 4) is 11.5 Å². The fraction of sp³-hybridized carbons (Fsp3) is 0.364. The van der Waals surface area contributed by atoms with Gasteiger partial charge in [0.1, 0.15) is 18.3 Å². The number of nitrogens with two attached hydrogens (primary N) is 1. The molecule has 0 heterocycles. The zero-order valence-electron chi connectivity index (χ0n) is 16.8. The Kier molecular flexibility index (Phi) is 9.14. The Bertz CT molecular complexity index is 765. The van der Waals surface area contributed by atoms with Crippen molar-refractivity contribution in [3.63, 3.8) is 0 Å². The molecule has 0 bridgehead atoms. The van der Waals surface area contributed by atoms with E-state index < -0.39 is 11.8 Å². The highest BCUT2D eigenvalue weighted by molar-refractivity contribution is 5.94. The van der Waals surface area contributed by atoms with Crippen LogP contribution in [0.25, 0.3) is 0 Å². The Morgan fingerprint density at radius 1 is 1.00 bits per heavy atom. The Balaban J connectivity index is 1.96. The standard InChI is InChI=1S/C22H28N2O5/c1-3-27-15-28-14-18(13-16(2)21(23)25)24-22(26)17-9-11-20(12-10-17)29-19-7-5-4-6-8-19/h4-12,16,18H,3,13-15H2,1-2H3,(H2,23,25)(H,24,26). The molecule has 0 spiro atoms. The van der Waals surface area contributed by atoms with Crippen molar-refractivity contribution >= 4 is 11.8 Å². The monoisotopic (exact) mass is 400 g/mol. The first kappa shape index (κ1) is 22.4. The zero-order valence-corrected chi connectivity index (χ0v) is 16.8. The van der Waals surface area contributed by atoms with Gasteiger partial charge in [0.15, 0.2) is 0 Å². The summed E-state index contributed by atoms with van der Waals surface area (Å²) in [6.07, 6.45) is 0.377. The van der Waals surface area contributed by atoms with Crippen LogP contribution in [-0.2, 0) is 14.3 Å². The third-order valence-corrected chi connectivity index (χ3v) is 4.24. The van der Waals surface area contributed by atoms with Crippen LogP contribution in [0.15, 0.2) is 54.6 Å². The van der Waals surface area contributed by atoms with Crippen LogP contribution >= 0.6 is 0 Å². The van der Waals surface area contributed by atoms with Gasteiger partial charge in [0.25, 0.3) is 5.91 Å². The summed E-state index contributed by atoms with van der Waals surface area (Å²) in [6.45, 7) is 4.47. The van der Waals surface area contributed by atoms with E-state index in [0.29, 0.717) is 24.3 Å². The lowest BCUT2D eigenvalue weighted by atomic mass is 10.0. The number of nitrogens with one attached hydrogen (secondary N) is 1. The summed E-state index contributed by atoms with van der Waals surface area (Å²) in [7, 11) is 0. The van der Waals surface area contributed by atoms with Crippen molar-refractivity contribution in [2.75, 3.05) is 20.0 Å². The molecule has 2 aromatic carbocycles. The summed E-state index contributed by atoms with van der Waals surface area (Å²) >= 11 is 0. The van der Waals surface area contributed by atoms with Gasteiger partial charge < -0.3 is 25.3 Å². The van der Waals surface area contributed by atoms with E-state index in [2.05, 4.69) is 5.32 Å². The molecule has 2 rings (SSSR count). The Labute approximate surface area is 171 Å².